The van der Waals surface area contributed by atoms with Gasteiger partial charge in [0.1, 0.15) is 5.82 Å². The molecule has 0 aliphatic carbocycles. The summed E-state index contributed by atoms with van der Waals surface area (Å²) in [5.74, 6) is 1.20. The largest absolute Gasteiger partial charge is 0.504 e. The van der Waals surface area contributed by atoms with Gasteiger partial charge in [-0.25, -0.2) is 4.98 Å². The Kier molecular flexibility index (Phi) is 4.10. The Bertz CT molecular complexity index is 875. The Balaban J connectivity index is 1.80. The Hall–Kier alpha value is -3.08. The number of pyridine rings is 1. The summed E-state index contributed by atoms with van der Waals surface area (Å²) in [5.41, 5.74) is 5.81. The lowest BCUT2D eigenvalue weighted by atomic mass is 10.1. The highest BCUT2D eigenvalue weighted by Crippen LogP contribution is 2.25. The summed E-state index contributed by atoms with van der Waals surface area (Å²) in [4.78, 5) is 4.53. The van der Waals surface area contributed by atoms with Gasteiger partial charge in [-0.3, -0.25) is 5.43 Å². The molecule has 0 radical (unpaired) electrons. The number of anilines is 1. The van der Waals surface area contributed by atoms with E-state index in [0.29, 0.717) is 11.6 Å². The number of hydrogen-bond acceptors (Lipinski definition) is 5. The second-order valence-corrected chi connectivity index (χ2v) is 5.14. The lowest BCUT2D eigenvalue weighted by Crippen LogP contribution is -1.95. The number of nitrogens with zero attached hydrogens (tertiary/aromatic N) is 2. The first-order chi connectivity index (χ1) is 11.2. The van der Waals surface area contributed by atoms with Crippen molar-refractivity contribution in [3.05, 3.63) is 59.7 Å². The third-order valence-corrected chi connectivity index (χ3v) is 3.52. The zero-order chi connectivity index (χ0) is 16.2. The molecule has 116 valence electrons. The number of fused-ring (bicyclic) bond motifs is 1. The summed E-state index contributed by atoms with van der Waals surface area (Å²) in [6.07, 6.45) is 1.65. The predicted octanol–water partition coefficient (Wildman–Crippen LogP) is 3.70. The van der Waals surface area contributed by atoms with Crippen molar-refractivity contribution in [1.82, 2.24) is 4.98 Å². The van der Waals surface area contributed by atoms with E-state index in [2.05, 4.69) is 15.5 Å². The molecule has 0 fully saturated rings. The SMILES string of the molecule is COc1cc(/C=N\Nc2cc(C)c3ccccc3n2)ccc1O. The Labute approximate surface area is 134 Å². The standard InChI is InChI=1S/C18H17N3O2/c1-12-9-18(20-15-6-4-3-5-14(12)15)21-19-11-13-7-8-16(22)17(10-13)23-2/h3-11,22H,1-2H3,(H,20,21)/b19-11-. The molecule has 1 aromatic heterocycles. The molecule has 0 aliphatic rings. The molecule has 0 atom stereocenters. The maximum atomic E-state index is 9.57. The monoisotopic (exact) mass is 307 g/mol. The van der Waals surface area contributed by atoms with Gasteiger partial charge in [0, 0.05) is 5.39 Å². The summed E-state index contributed by atoms with van der Waals surface area (Å²) in [5, 5.41) is 14.9. The van der Waals surface area contributed by atoms with Gasteiger partial charge in [-0.05, 0) is 48.4 Å². The van der Waals surface area contributed by atoms with Crippen molar-refractivity contribution in [2.75, 3.05) is 12.5 Å². The number of hydrazone groups is 1. The number of phenols is 1. The molecule has 2 N–H and O–H groups in total. The fourth-order valence-electron chi connectivity index (χ4n) is 2.35. The first-order valence-electron chi connectivity index (χ1n) is 7.20. The molecule has 23 heavy (non-hydrogen) atoms. The molecule has 0 amide bonds. The molecule has 2 aromatic carbocycles. The first-order valence-corrected chi connectivity index (χ1v) is 7.20. The van der Waals surface area contributed by atoms with Crippen LogP contribution in [0, 0.1) is 6.92 Å². The van der Waals surface area contributed by atoms with E-state index in [4.69, 9.17) is 4.74 Å². The number of aryl methyl sites for hydroxylation is 1. The van der Waals surface area contributed by atoms with Crippen molar-refractivity contribution < 1.29 is 9.84 Å². The van der Waals surface area contributed by atoms with Crippen molar-refractivity contribution in [3.63, 3.8) is 0 Å². The van der Waals surface area contributed by atoms with Gasteiger partial charge in [-0.1, -0.05) is 18.2 Å². The van der Waals surface area contributed by atoms with Gasteiger partial charge in [-0.15, -0.1) is 0 Å². The van der Waals surface area contributed by atoms with Crippen molar-refractivity contribution in [1.29, 1.82) is 0 Å². The number of para-hydroxylation sites is 1. The lowest BCUT2D eigenvalue weighted by molar-refractivity contribution is 0.373. The second-order valence-electron chi connectivity index (χ2n) is 5.14. The third-order valence-electron chi connectivity index (χ3n) is 3.52. The minimum absolute atomic E-state index is 0.101. The maximum Gasteiger partial charge on any atom is 0.161 e. The number of phenolic OH excluding ortho intramolecular Hbond substituents is 1. The average molecular weight is 307 g/mol. The predicted molar refractivity (Wildman–Crippen MR) is 92.4 cm³/mol. The van der Waals surface area contributed by atoms with Crippen LogP contribution in [-0.2, 0) is 0 Å². The zero-order valence-corrected chi connectivity index (χ0v) is 12.9. The molecule has 0 spiro atoms. The summed E-state index contributed by atoms with van der Waals surface area (Å²) in [6.45, 7) is 2.05. The highest BCUT2D eigenvalue weighted by atomic mass is 16.5. The van der Waals surface area contributed by atoms with Crippen LogP contribution < -0.4 is 10.2 Å². The van der Waals surface area contributed by atoms with E-state index < -0.39 is 0 Å². The molecule has 1 heterocycles. The Morgan fingerprint density at radius 1 is 1.17 bits per heavy atom. The highest BCUT2D eigenvalue weighted by Gasteiger charge is 2.02. The van der Waals surface area contributed by atoms with Crippen molar-refractivity contribution in [3.8, 4) is 11.5 Å². The van der Waals surface area contributed by atoms with Gasteiger partial charge in [-0.2, -0.15) is 5.10 Å². The van der Waals surface area contributed by atoms with Crippen LogP contribution in [0.3, 0.4) is 0 Å². The number of rotatable bonds is 4. The van der Waals surface area contributed by atoms with Crippen LogP contribution in [0.25, 0.3) is 10.9 Å². The highest BCUT2D eigenvalue weighted by molar-refractivity contribution is 5.84. The smallest absolute Gasteiger partial charge is 0.161 e. The maximum absolute atomic E-state index is 9.57. The Morgan fingerprint density at radius 2 is 2.00 bits per heavy atom. The topological polar surface area (TPSA) is 66.7 Å². The van der Waals surface area contributed by atoms with Gasteiger partial charge >= 0.3 is 0 Å². The van der Waals surface area contributed by atoms with Crippen LogP contribution in [0.15, 0.2) is 53.6 Å². The molecular weight excluding hydrogens is 290 g/mol. The van der Waals surface area contributed by atoms with E-state index in [0.717, 1.165) is 22.0 Å². The molecule has 5 nitrogen and oxygen atoms in total. The molecule has 5 heteroatoms. The van der Waals surface area contributed by atoms with Crippen molar-refractivity contribution >= 4 is 22.9 Å². The molecule has 0 saturated carbocycles. The third kappa shape index (κ3) is 3.23. The summed E-state index contributed by atoms with van der Waals surface area (Å²) < 4.78 is 5.07. The fraction of sp³-hybridized carbons (Fsp3) is 0.111. The minimum atomic E-state index is 0.101. The number of ether oxygens (including phenoxy) is 1. The van der Waals surface area contributed by atoms with Crippen LogP contribution >= 0.6 is 0 Å². The van der Waals surface area contributed by atoms with Crippen molar-refractivity contribution in [2.24, 2.45) is 5.10 Å². The van der Waals surface area contributed by atoms with Crippen LogP contribution in [0.5, 0.6) is 11.5 Å². The van der Waals surface area contributed by atoms with Gasteiger partial charge < -0.3 is 9.84 Å². The van der Waals surface area contributed by atoms with E-state index >= 15 is 0 Å². The molecule has 0 bridgehead atoms. The summed E-state index contributed by atoms with van der Waals surface area (Å²) in [7, 11) is 1.51. The lowest BCUT2D eigenvalue weighted by Gasteiger charge is -2.06. The van der Waals surface area contributed by atoms with Gasteiger partial charge in [0.2, 0.25) is 0 Å². The number of hydrogen-bond donors (Lipinski definition) is 2. The number of nitrogens with one attached hydrogen (secondary N) is 1. The number of methoxy groups -OCH3 is 1. The molecule has 3 aromatic rings. The second kappa shape index (κ2) is 6.36. The quantitative estimate of drug-likeness (QED) is 0.569. The Morgan fingerprint density at radius 3 is 2.83 bits per heavy atom. The van der Waals surface area contributed by atoms with Crippen molar-refractivity contribution in [2.45, 2.75) is 6.92 Å². The molecule has 0 aliphatic heterocycles. The number of benzene rings is 2. The van der Waals surface area contributed by atoms with E-state index in [1.807, 2.05) is 37.3 Å². The number of aromatic hydroxyl groups is 1. The van der Waals surface area contributed by atoms with Crippen LogP contribution in [0.2, 0.25) is 0 Å². The van der Waals surface area contributed by atoms with Gasteiger partial charge in [0.05, 0.1) is 18.8 Å². The van der Waals surface area contributed by atoms with Gasteiger partial charge in [0.15, 0.2) is 11.5 Å². The zero-order valence-electron chi connectivity index (χ0n) is 12.9. The van der Waals surface area contributed by atoms with E-state index in [1.165, 1.54) is 7.11 Å². The summed E-state index contributed by atoms with van der Waals surface area (Å²) in [6, 6.07) is 15.0. The van der Waals surface area contributed by atoms with Gasteiger partial charge in [0.25, 0.3) is 0 Å². The van der Waals surface area contributed by atoms with Crippen LogP contribution in [0.4, 0.5) is 5.82 Å². The number of aromatic nitrogens is 1. The molecule has 0 unspecified atom stereocenters. The normalized spacial score (nSPS) is 11.0. The van der Waals surface area contributed by atoms with E-state index in [1.54, 1.807) is 24.4 Å². The summed E-state index contributed by atoms with van der Waals surface area (Å²) >= 11 is 0. The molecule has 3 rings (SSSR count). The van der Waals surface area contributed by atoms with Crippen LogP contribution in [0.1, 0.15) is 11.1 Å². The van der Waals surface area contributed by atoms with E-state index in [9.17, 15) is 5.11 Å². The molecule has 0 saturated heterocycles. The average Bonchev–Trinajstić information content (AvgIpc) is 2.56. The minimum Gasteiger partial charge on any atom is -0.504 e. The van der Waals surface area contributed by atoms with E-state index in [-0.39, 0.29) is 5.75 Å². The molecular formula is C18H17N3O2. The van der Waals surface area contributed by atoms with Crippen LogP contribution in [-0.4, -0.2) is 23.4 Å². The first kappa shape index (κ1) is 14.8. The fourth-order valence-corrected chi connectivity index (χ4v) is 2.35.